The summed E-state index contributed by atoms with van der Waals surface area (Å²) >= 11 is 5.98. The maximum atomic E-state index is 5.98. The lowest BCUT2D eigenvalue weighted by molar-refractivity contribution is 0.398. The van der Waals surface area contributed by atoms with E-state index in [1.165, 1.54) is 12.8 Å². The fraction of sp³-hybridized carbons (Fsp3) is 0.429. The number of aromatic nitrogens is 3. The molecule has 1 aliphatic rings. The molecule has 1 saturated heterocycles. The van der Waals surface area contributed by atoms with Gasteiger partial charge in [0.25, 0.3) is 0 Å². The summed E-state index contributed by atoms with van der Waals surface area (Å²) in [6.45, 7) is 1.06. The van der Waals surface area contributed by atoms with Gasteiger partial charge in [-0.1, -0.05) is 30.2 Å². The third-order valence-electron chi connectivity index (χ3n) is 3.43. The maximum Gasteiger partial charge on any atom is 0.167 e. The monoisotopic (exact) mass is 276 g/mol. The first-order valence-electron chi connectivity index (χ1n) is 6.70. The van der Waals surface area contributed by atoms with Gasteiger partial charge in [-0.3, -0.25) is 5.10 Å². The fourth-order valence-electron chi connectivity index (χ4n) is 2.46. The van der Waals surface area contributed by atoms with Gasteiger partial charge in [0.2, 0.25) is 0 Å². The summed E-state index contributed by atoms with van der Waals surface area (Å²) in [6.07, 6.45) is 4.35. The molecule has 0 radical (unpaired) electrons. The second-order valence-electron chi connectivity index (χ2n) is 4.95. The molecule has 1 aromatic carbocycles. The number of halogens is 1. The van der Waals surface area contributed by atoms with E-state index in [-0.39, 0.29) is 0 Å². The molecule has 5 heteroatoms. The van der Waals surface area contributed by atoms with E-state index in [0.29, 0.717) is 6.04 Å². The highest BCUT2D eigenvalue weighted by atomic mass is 35.5. The van der Waals surface area contributed by atoms with Gasteiger partial charge < -0.3 is 5.32 Å². The second kappa shape index (κ2) is 5.72. The summed E-state index contributed by atoms with van der Waals surface area (Å²) in [4.78, 5) is 4.59. The van der Waals surface area contributed by atoms with Gasteiger partial charge in [-0.05, 0) is 37.1 Å². The summed E-state index contributed by atoms with van der Waals surface area (Å²) in [7, 11) is 0. The Morgan fingerprint density at radius 3 is 3.05 bits per heavy atom. The molecule has 100 valence electrons. The van der Waals surface area contributed by atoms with Crippen LogP contribution in [0.3, 0.4) is 0 Å². The van der Waals surface area contributed by atoms with Gasteiger partial charge in [-0.2, -0.15) is 5.10 Å². The topological polar surface area (TPSA) is 53.6 Å². The molecule has 0 amide bonds. The molecule has 4 nitrogen and oxygen atoms in total. The Morgan fingerprint density at radius 2 is 2.26 bits per heavy atom. The third kappa shape index (κ3) is 3.14. The Hall–Kier alpha value is -1.39. The Balaban J connectivity index is 1.70. The van der Waals surface area contributed by atoms with Crippen molar-refractivity contribution in [3.8, 4) is 0 Å². The summed E-state index contributed by atoms with van der Waals surface area (Å²) in [5.41, 5.74) is 1.15. The average molecular weight is 277 g/mol. The number of aromatic amines is 1. The van der Waals surface area contributed by atoms with Crippen molar-refractivity contribution >= 4 is 11.6 Å². The maximum absolute atomic E-state index is 5.98. The van der Waals surface area contributed by atoms with Crippen molar-refractivity contribution in [2.45, 2.75) is 31.7 Å². The van der Waals surface area contributed by atoms with E-state index in [1.807, 2.05) is 24.3 Å². The summed E-state index contributed by atoms with van der Waals surface area (Å²) < 4.78 is 0. The quantitative estimate of drug-likeness (QED) is 0.906. The molecular weight excluding hydrogens is 260 g/mol. The molecule has 2 heterocycles. The van der Waals surface area contributed by atoms with Crippen LogP contribution in [0.1, 0.15) is 42.5 Å². The Bertz CT molecular complexity index is 546. The molecule has 2 aromatic rings. The molecular formula is C14H17ClN4. The molecule has 0 spiro atoms. The minimum Gasteiger partial charge on any atom is -0.307 e. The van der Waals surface area contributed by atoms with E-state index >= 15 is 0 Å². The van der Waals surface area contributed by atoms with Crippen LogP contribution < -0.4 is 5.32 Å². The predicted octanol–water partition coefficient (Wildman–Crippen LogP) is 2.86. The van der Waals surface area contributed by atoms with E-state index in [4.69, 9.17) is 11.6 Å². The van der Waals surface area contributed by atoms with Crippen molar-refractivity contribution in [2.24, 2.45) is 0 Å². The number of H-pyrrole nitrogens is 1. The highest BCUT2D eigenvalue weighted by Gasteiger charge is 2.18. The minimum atomic E-state index is 0.304. The van der Waals surface area contributed by atoms with Gasteiger partial charge in [0, 0.05) is 11.4 Å². The van der Waals surface area contributed by atoms with Gasteiger partial charge in [0.15, 0.2) is 5.82 Å². The van der Waals surface area contributed by atoms with Crippen LogP contribution in [0.5, 0.6) is 0 Å². The molecule has 0 saturated carbocycles. The Morgan fingerprint density at radius 1 is 1.32 bits per heavy atom. The molecule has 1 aliphatic heterocycles. The van der Waals surface area contributed by atoms with Gasteiger partial charge in [0.05, 0.1) is 6.04 Å². The van der Waals surface area contributed by atoms with Crippen LogP contribution in [0.15, 0.2) is 24.3 Å². The smallest absolute Gasteiger partial charge is 0.167 e. The minimum absolute atomic E-state index is 0.304. The van der Waals surface area contributed by atoms with E-state index in [9.17, 15) is 0 Å². The zero-order valence-electron chi connectivity index (χ0n) is 10.7. The molecule has 0 aliphatic carbocycles. The molecule has 0 bridgehead atoms. The van der Waals surface area contributed by atoms with Crippen LogP contribution in [0, 0.1) is 0 Å². The SMILES string of the molecule is Clc1cccc(Cc2nc(C3CCCCN3)n[nH]2)c1. The fourth-order valence-corrected chi connectivity index (χ4v) is 2.67. The number of benzene rings is 1. The van der Waals surface area contributed by atoms with Gasteiger partial charge in [-0.25, -0.2) is 4.98 Å². The van der Waals surface area contributed by atoms with E-state index < -0.39 is 0 Å². The standard InChI is InChI=1S/C14H17ClN4/c15-11-5-3-4-10(8-11)9-13-17-14(19-18-13)12-6-1-2-7-16-12/h3-5,8,12,16H,1-2,6-7,9H2,(H,17,18,19). The Kier molecular flexibility index (Phi) is 3.80. The summed E-state index contributed by atoms with van der Waals surface area (Å²) in [5.74, 6) is 1.78. The van der Waals surface area contributed by atoms with Crippen LogP contribution in [0.2, 0.25) is 5.02 Å². The van der Waals surface area contributed by atoms with Gasteiger partial charge >= 0.3 is 0 Å². The van der Waals surface area contributed by atoms with Gasteiger partial charge in [-0.15, -0.1) is 0 Å². The largest absolute Gasteiger partial charge is 0.307 e. The molecule has 2 N–H and O–H groups in total. The highest BCUT2D eigenvalue weighted by Crippen LogP contribution is 2.20. The van der Waals surface area contributed by atoms with E-state index in [1.54, 1.807) is 0 Å². The number of piperidine rings is 1. The number of hydrogen-bond donors (Lipinski definition) is 2. The zero-order valence-corrected chi connectivity index (χ0v) is 11.5. The first-order chi connectivity index (χ1) is 9.31. The number of nitrogens with zero attached hydrogens (tertiary/aromatic N) is 2. The predicted molar refractivity (Wildman–Crippen MR) is 75.2 cm³/mol. The first-order valence-corrected chi connectivity index (χ1v) is 7.08. The van der Waals surface area contributed by atoms with Crippen LogP contribution in [-0.2, 0) is 6.42 Å². The van der Waals surface area contributed by atoms with E-state index in [2.05, 4.69) is 20.5 Å². The van der Waals surface area contributed by atoms with Crippen molar-refractivity contribution in [3.63, 3.8) is 0 Å². The molecule has 3 rings (SSSR count). The molecule has 1 aromatic heterocycles. The summed E-state index contributed by atoms with van der Waals surface area (Å²) in [6, 6.07) is 8.15. The molecule has 1 unspecified atom stereocenters. The van der Waals surface area contributed by atoms with Crippen LogP contribution >= 0.6 is 11.6 Å². The number of rotatable bonds is 3. The number of hydrogen-bond acceptors (Lipinski definition) is 3. The number of nitrogens with one attached hydrogen (secondary N) is 2. The normalized spacial score (nSPS) is 19.5. The molecule has 19 heavy (non-hydrogen) atoms. The highest BCUT2D eigenvalue weighted by molar-refractivity contribution is 6.30. The first kappa shape index (κ1) is 12.6. The van der Waals surface area contributed by atoms with Crippen LogP contribution in [0.25, 0.3) is 0 Å². The van der Waals surface area contributed by atoms with E-state index in [0.717, 1.165) is 41.6 Å². The third-order valence-corrected chi connectivity index (χ3v) is 3.67. The zero-order chi connectivity index (χ0) is 13.1. The van der Waals surface area contributed by atoms with Crippen molar-refractivity contribution in [1.29, 1.82) is 0 Å². The van der Waals surface area contributed by atoms with Crippen molar-refractivity contribution in [2.75, 3.05) is 6.54 Å². The molecule has 1 atom stereocenters. The molecule has 1 fully saturated rings. The van der Waals surface area contributed by atoms with Gasteiger partial charge in [0.1, 0.15) is 5.82 Å². The van der Waals surface area contributed by atoms with Crippen molar-refractivity contribution < 1.29 is 0 Å². The van der Waals surface area contributed by atoms with Crippen LogP contribution in [-0.4, -0.2) is 21.7 Å². The lowest BCUT2D eigenvalue weighted by Gasteiger charge is -2.20. The van der Waals surface area contributed by atoms with Crippen molar-refractivity contribution in [1.82, 2.24) is 20.5 Å². The lowest BCUT2D eigenvalue weighted by atomic mass is 10.0. The Labute approximate surface area is 117 Å². The van der Waals surface area contributed by atoms with Crippen LogP contribution in [0.4, 0.5) is 0 Å². The lowest BCUT2D eigenvalue weighted by Crippen LogP contribution is -2.27. The second-order valence-corrected chi connectivity index (χ2v) is 5.39. The summed E-state index contributed by atoms with van der Waals surface area (Å²) in [5, 5.41) is 11.6. The average Bonchev–Trinajstić information content (AvgIpc) is 2.88. The van der Waals surface area contributed by atoms with Crippen molar-refractivity contribution in [3.05, 3.63) is 46.5 Å².